The molecule has 7 heteroatoms. The van der Waals surface area contributed by atoms with Crippen molar-refractivity contribution in [3.05, 3.63) is 34.7 Å². The fourth-order valence-corrected chi connectivity index (χ4v) is 5.81. The largest absolute Gasteiger partial charge is 0.469 e. The minimum Gasteiger partial charge on any atom is -0.469 e. The number of nitrogens with zero attached hydrogens (tertiary/aromatic N) is 3. The molecule has 2 heterocycles. The van der Waals surface area contributed by atoms with Gasteiger partial charge in [-0.05, 0) is 40.9 Å². The molecule has 33 heavy (non-hydrogen) atoms. The summed E-state index contributed by atoms with van der Waals surface area (Å²) < 4.78 is 4.58. The number of hydrogen-bond acceptors (Lipinski definition) is 7. The van der Waals surface area contributed by atoms with Crippen molar-refractivity contribution in [1.82, 2.24) is 9.88 Å². The van der Waals surface area contributed by atoms with Gasteiger partial charge in [-0.3, -0.25) is 14.5 Å². The molecule has 2 aliphatic rings. The van der Waals surface area contributed by atoms with Gasteiger partial charge >= 0.3 is 5.97 Å². The number of carbonyl (C=O) groups is 2. The van der Waals surface area contributed by atoms with E-state index >= 15 is 0 Å². The molecule has 6 nitrogen and oxygen atoms in total. The number of ether oxygens (including phenoxy) is 1. The normalized spacial score (nSPS) is 19.7. The Balaban J connectivity index is 1.42. The van der Waals surface area contributed by atoms with Crippen LogP contribution in [0.2, 0.25) is 0 Å². The first-order valence-corrected chi connectivity index (χ1v) is 12.6. The van der Waals surface area contributed by atoms with Gasteiger partial charge in [-0.1, -0.05) is 39.8 Å². The van der Waals surface area contributed by atoms with Crippen LogP contribution in [0, 0.1) is 0 Å². The highest BCUT2D eigenvalue weighted by Crippen LogP contribution is 2.46. The Hall–Kier alpha value is -2.25. The maximum absolute atomic E-state index is 12.0. The zero-order chi connectivity index (χ0) is 23.8. The van der Waals surface area contributed by atoms with E-state index in [1.54, 1.807) is 11.3 Å². The van der Waals surface area contributed by atoms with Crippen molar-refractivity contribution in [2.45, 2.75) is 57.8 Å². The summed E-state index contributed by atoms with van der Waals surface area (Å²) in [5.74, 6) is -0.562. The number of fused-ring (bicyclic) bond motifs is 1. The third kappa shape index (κ3) is 5.14. The Morgan fingerprint density at radius 2 is 1.70 bits per heavy atom. The van der Waals surface area contributed by atoms with E-state index in [-0.39, 0.29) is 23.0 Å². The van der Waals surface area contributed by atoms with Crippen molar-refractivity contribution < 1.29 is 14.3 Å². The predicted octanol–water partition coefficient (Wildman–Crippen LogP) is 4.41. The van der Waals surface area contributed by atoms with Gasteiger partial charge in [0.1, 0.15) is 6.42 Å². The molecule has 0 unspecified atom stereocenters. The summed E-state index contributed by atoms with van der Waals surface area (Å²) in [6.45, 7) is 12.9. The second kappa shape index (κ2) is 9.18. The summed E-state index contributed by atoms with van der Waals surface area (Å²) in [7, 11) is 1.31. The number of methoxy groups -OCH3 is 1. The zero-order valence-electron chi connectivity index (χ0n) is 20.4. The van der Waals surface area contributed by atoms with Gasteiger partial charge in [0.15, 0.2) is 10.9 Å². The fourth-order valence-electron chi connectivity index (χ4n) is 4.93. The van der Waals surface area contributed by atoms with Crippen molar-refractivity contribution in [3.63, 3.8) is 0 Å². The van der Waals surface area contributed by atoms with Crippen LogP contribution in [0.25, 0.3) is 11.3 Å². The zero-order valence-corrected chi connectivity index (χ0v) is 21.3. The molecule has 0 amide bonds. The number of rotatable bonds is 6. The fraction of sp³-hybridized carbons (Fsp3) is 0.577. The van der Waals surface area contributed by atoms with Crippen molar-refractivity contribution in [1.29, 1.82) is 0 Å². The number of anilines is 1. The van der Waals surface area contributed by atoms with Gasteiger partial charge in [0.25, 0.3) is 0 Å². The maximum atomic E-state index is 12.0. The van der Waals surface area contributed by atoms with E-state index in [0.717, 1.165) is 37.0 Å². The summed E-state index contributed by atoms with van der Waals surface area (Å²) in [6, 6.07) is 6.90. The number of piperazine rings is 1. The van der Waals surface area contributed by atoms with Gasteiger partial charge < -0.3 is 9.64 Å². The third-order valence-corrected chi connectivity index (χ3v) is 8.15. The van der Waals surface area contributed by atoms with E-state index in [1.165, 1.54) is 36.6 Å². The summed E-state index contributed by atoms with van der Waals surface area (Å²) >= 11 is 1.68. The van der Waals surface area contributed by atoms with Crippen LogP contribution < -0.4 is 4.90 Å². The minimum atomic E-state index is -0.469. The number of Topliss-reactive ketones (excluding diaryl/α,β-unsaturated/α-hetero) is 1. The molecule has 1 fully saturated rings. The molecule has 178 valence electrons. The molecule has 0 atom stereocenters. The molecule has 1 saturated heterocycles. The van der Waals surface area contributed by atoms with Crippen molar-refractivity contribution in [2.75, 3.05) is 44.7 Å². The Kier molecular flexibility index (Phi) is 6.65. The second-order valence-electron chi connectivity index (χ2n) is 10.6. The first-order chi connectivity index (χ1) is 15.6. The minimum absolute atomic E-state index is 0.0923. The lowest BCUT2D eigenvalue weighted by molar-refractivity contribution is -0.143. The van der Waals surface area contributed by atoms with Crippen LogP contribution in [-0.2, 0) is 25.2 Å². The van der Waals surface area contributed by atoms with E-state index in [0.29, 0.717) is 6.54 Å². The van der Waals surface area contributed by atoms with E-state index in [1.807, 2.05) is 0 Å². The van der Waals surface area contributed by atoms with Gasteiger partial charge in [-0.25, -0.2) is 4.98 Å². The Bertz CT molecular complexity index is 1040. The lowest BCUT2D eigenvalue weighted by atomic mass is 9.63. The number of carbonyl (C=O) groups excluding carboxylic acids is 2. The monoisotopic (exact) mass is 469 g/mol. The average molecular weight is 470 g/mol. The molecule has 1 aromatic carbocycles. The van der Waals surface area contributed by atoms with Crippen LogP contribution in [0.1, 0.15) is 58.1 Å². The van der Waals surface area contributed by atoms with Gasteiger partial charge in [0, 0.05) is 37.1 Å². The number of aromatic nitrogens is 1. The van der Waals surface area contributed by atoms with Crippen LogP contribution in [-0.4, -0.2) is 61.5 Å². The van der Waals surface area contributed by atoms with Gasteiger partial charge in [0.05, 0.1) is 19.3 Å². The van der Waals surface area contributed by atoms with Crippen molar-refractivity contribution >= 4 is 28.2 Å². The highest BCUT2D eigenvalue weighted by molar-refractivity contribution is 7.14. The molecule has 0 radical (unpaired) electrons. The topological polar surface area (TPSA) is 62.7 Å². The quantitative estimate of drug-likeness (QED) is 0.461. The van der Waals surface area contributed by atoms with Crippen LogP contribution in [0.15, 0.2) is 23.6 Å². The number of hydrogen-bond donors (Lipinski definition) is 0. The van der Waals surface area contributed by atoms with Crippen molar-refractivity contribution in [2.24, 2.45) is 0 Å². The van der Waals surface area contributed by atoms with Crippen LogP contribution in [0.3, 0.4) is 0 Å². The Labute approximate surface area is 200 Å². The summed E-state index contributed by atoms with van der Waals surface area (Å²) in [6.07, 6.45) is 2.26. The van der Waals surface area contributed by atoms with Crippen LogP contribution in [0.4, 0.5) is 5.13 Å². The highest BCUT2D eigenvalue weighted by Gasteiger charge is 2.37. The predicted molar refractivity (Wildman–Crippen MR) is 133 cm³/mol. The summed E-state index contributed by atoms with van der Waals surface area (Å²) in [5, 5.41) is 3.19. The molecule has 0 saturated carbocycles. The Morgan fingerprint density at radius 3 is 2.36 bits per heavy atom. The maximum Gasteiger partial charge on any atom is 0.313 e. The van der Waals surface area contributed by atoms with Gasteiger partial charge in [-0.15, -0.1) is 11.3 Å². The molecular weight excluding hydrogens is 434 g/mol. The van der Waals surface area contributed by atoms with E-state index in [9.17, 15) is 9.59 Å². The standard InChI is InChI=1S/C26H35N3O3S/c1-25(2)8-9-26(3,4)21-14-18(6-7-20(21)25)22-17-33-24(27-22)29-12-10-28(11-13-29)16-19(30)15-23(31)32-5/h6-7,14,17H,8-13,15-16H2,1-5H3. The smallest absolute Gasteiger partial charge is 0.313 e. The number of thiazole rings is 1. The lowest BCUT2D eigenvalue weighted by Crippen LogP contribution is -2.48. The molecule has 0 bridgehead atoms. The van der Waals surface area contributed by atoms with E-state index in [4.69, 9.17) is 4.98 Å². The molecule has 0 N–H and O–H groups in total. The molecule has 0 spiro atoms. The average Bonchev–Trinajstić information content (AvgIpc) is 3.27. The number of benzene rings is 1. The van der Waals surface area contributed by atoms with Gasteiger partial charge in [0.2, 0.25) is 0 Å². The lowest BCUT2D eigenvalue weighted by Gasteiger charge is -2.42. The van der Waals surface area contributed by atoms with E-state index in [2.05, 4.69) is 65.8 Å². The molecule has 4 rings (SSSR count). The first kappa shape index (κ1) is 23.9. The number of ketones is 1. The Morgan fingerprint density at radius 1 is 1.03 bits per heavy atom. The highest BCUT2D eigenvalue weighted by atomic mass is 32.1. The van der Waals surface area contributed by atoms with Crippen LogP contribution >= 0.6 is 11.3 Å². The first-order valence-electron chi connectivity index (χ1n) is 11.8. The van der Waals surface area contributed by atoms with Crippen LogP contribution in [0.5, 0.6) is 0 Å². The van der Waals surface area contributed by atoms with Crippen molar-refractivity contribution in [3.8, 4) is 11.3 Å². The van der Waals surface area contributed by atoms with E-state index < -0.39 is 5.97 Å². The third-order valence-electron chi connectivity index (χ3n) is 7.25. The molecule has 1 aromatic heterocycles. The molecular formula is C26H35N3O3S. The summed E-state index contributed by atoms with van der Waals surface area (Å²) in [5.41, 5.74) is 5.55. The molecule has 2 aromatic rings. The SMILES string of the molecule is COC(=O)CC(=O)CN1CCN(c2nc(-c3ccc4c(c3)C(C)(C)CCC4(C)C)cs2)CC1. The second-order valence-corrected chi connectivity index (χ2v) is 11.4. The number of esters is 1. The molecule has 1 aliphatic heterocycles. The summed E-state index contributed by atoms with van der Waals surface area (Å²) in [4.78, 5) is 32.7. The van der Waals surface area contributed by atoms with Gasteiger partial charge in [-0.2, -0.15) is 0 Å². The molecule has 1 aliphatic carbocycles.